The third-order valence-electron chi connectivity index (χ3n) is 7.32. The van der Waals surface area contributed by atoms with E-state index in [4.69, 9.17) is 14.2 Å². The monoisotopic (exact) mass is 579 g/mol. The van der Waals surface area contributed by atoms with Gasteiger partial charge in [-0.3, -0.25) is 19.5 Å². The van der Waals surface area contributed by atoms with Gasteiger partial charge in [0.05, 0.1) is 39.1 Å². The minimum absolute atomic E-state index is 0.0135. The summed E-state index contributed by atoms with van der Waals surface area (Å²) in [5.74, 6) is 1.03. The Morgan fingerprint density at radius 1 is 1.07 bits per heavy atom. The molecule has 1 fully saturated rings. The van der Waals surface area contributed by atoms with Crippen molar-refractivity contribution in [3.05, 3.63) is 59.0 Å². The van der Waals surface area contributed by atoms with E-state index in [0.717, 1.165) is 0 Å². The summed E-state index contributed by atoms with van der Waals surface area (Å²) < 4.78 is 33.6. The Labute approximate surface area is 243 Å². The van der Waals surface area contributed by atoms with E-state index in [1.807, 2.05) is 0 Å². The van der Waals surface area contributed by atoms with Crippen molar-refractivity contribution in [3.8, 4) is 22.9 Å². The van der Waals surface area contributed by atoms with Crippen molar-refractivity contribution in [1.29, 1.82) is 0 Å². The van der Waals surface area contributed by atoms with Gasteiger partial charge in [-0.1, -0.05) is 6.07 Å². The fourth-order valence-corrected chi connectivity index (χ4v) is 5.17. The molecule has 0 spiro atoms. The van der Waals surface area contributed by atoms with Gasteiger partial charge in [0.1, 0.15) is 34.6 Å². The highest BCUT2D eigenvalue weighted by Crippen LogP contribution is 2.35. The lowest BCUT2D eigenvalue weighted by molar-refractivity contribution is -0.129. The zero-order valence-corrected chi connectivity index (χ0v) is 24.6. The average molecular weight is 580 g/mol. The second-order valence-electron chi connectivity index (χ2n) is 11.2. The summed E-state index contributed by atoms with van der Waals surface area (Å²) >= 11 is 0. The van der Waals surface area contributed by atoms with Crippen LogP contribution in [-0.2, 0) is 36.2 Å². The molecule has 0 unspecified atom stereocenters. The van der Waals surface area contributed by atoms with E-state index < -0.39 is 23.5 Å². The van der Waals surface area contributed by atoms with Crippen LogP contribution in [0.3, 0.4) is 0 Å². The number of nitrogens with zero attached hydrogens (tertiary/aromatic N) is 5. The van der Waals surface area contributed by atoms with Gasteiger partial charge in [-0.15, -0.1) is 0 Å². The highest BCUT2D eigenvalue weighted by molar-refractivity contribution is 6.05. The molecule has 3 heterocycles. The number of urea groups is 1. The molecule has 0 saturated carbocycles. The molecule has 1 saturated heterocycles. The highest BCUT2D eigenvalue weighted by Gasteiger charge is 2.36. The Morgan fingerprint density at radius 2 is 1.83 bits per heavy atom. The summed E-state index contributed by atoms with van der Waals surface area (Å²) in [6, 6.07) is 8.07. The zero-order chi connectivity index (χ0) is 30.3. The molecule has 4 amide bonds. The van der Waals surface area contributed by atoms with Gasteiger partial charge in [0, 0.05) is 43.8 Å². The number of rotatable bonds is 6. The van der Waals surface area contributed by atoms with Crippen LogP contribution < -0.4 is 14.4 Å². The predicted octanol–water partition coefficient (Wildman–Crippen LogP) is 4.85. The minimum atomic E-state index is -0.661. The Bertz CT molecular complexity index is 1560. The van der Waals surface area contributed by atoms with E-state index in [2.05, 4.69) is 4.98 Å². The number of imide groups is 1. The smallest absolute Gasteiger partial charge is 0.410 e. The molecule has 42 heavy (non-hydrogen) atoms. The van der Waals surface area contributed by atoms with Crippen LogP contribution in [0.4, 0.5) is 19.8 Å². The number of imidazole rings is 1. The molecule has 0 N–H and O–H groups in total. The van der Waals surface area contributed by atoms with Crippen LogP contribution in [0.5, 0.6) is 11.5 Å². The second kappa shape index (κ2) is 11.0. The zero-order valence-electron chi connectivity index (χ0n) is 24.6. The molecule has 0 bridgehead atoms. The summed E-state index contributed by atoms with van der Waals surface area (Å²) in [5.41, 5.74) is 1.33. The summed E-state index contributed by atoms with van der Waals surface area (Å²) in [7, 11) is 4.74. The number of fused-ring (bicyclic) bond motifs is 1. The standard InChI is InChI=1S/C30H34FN5O6/c1-30(2,3)42-29(39)34-15-18-8-10-21(26(31)22(18)17-34)27-32-14-24(33(27)4)35-12-11-25(37)36(28(35)38)16-19-7-9-20(40-5)13-23(19)41-6/h7-10,13-14H,11-12,15-17H2,1-6H3. The van der Waals surface area contributed by atoms with Crippen molar-refractivity contribution < 1.29 is 33.0 Å². The molecule has 2 aliphatic rings. The highest BCUT2D eigenvalue weighted by atomic mass is 19.1. The van der Waals surface area contributed by atoms with E-state index in [-0.39, 0.29) is 44.1 Å². The maximum atomic E-state index is 15.8. The minimum Gasteiger partial charge on any atom is -0.497 e. The van der Waals surface area contributed by atoms with E-state index in [9.17, 15) is 14.4 Å². The third kappa shape index (κ3) is 5.36. The number of aromatic nitrogens is 2. The fourth-order valence-electron chi connectivity index (χ4n) is 5.17. The van der Waals surface area contributed by atoms with Crippen molar-refractivity contribution >= 4 is 23.8 Å². The quantitative estimate of drug-likeness (QED) is 0.411. The Balaban J connectivity index is 1.38. The molecule has 1 aromatic heterocycles. The van der Waals surface area contributed by atoms with E-state index in [0.29, 0.717) is 39.8 Å². The van der Waals surface area contributed by atoms with Crippen molar-refractivity contribution in [2.45, 2.75) is 52.4 Å². The topological polar surface area (TPSA) is 106 Å². The first-order chi connectivity index (χ1) is 19.9. The van der Waals surface area contributed by atoms with Gasteiger partial charge < -0.3 is 18.8 Å². The first-order valence-corrected chi connectivity index (χ1v) is 13.5. The van der Waals surface area contributed by atoms with Crippen LogP contribution in [0.1, 0.15) is 43.9 Å². The van der Waals surface area contributed by atoms with Gasteiger partial charge in [0.15, 0.2) is 0 Å². The number of carbonyl (C=O) groups excluding carboxylic acids is 3. The normalized spacial score (nSPS) is 15.3. The number of halogens is 1. The lowest BCUT2D eigenvalue weighted by Gasteiger charge is -2.34. The van der Waals surface area contributed by atoms with E-state index >= 15 is 4.39 Å². The lowest BCUT2D eigenvalue weighted by atomic mass is 10.0. The Hall–Kier alpha value is -4.61. The maximum Gasteiger partial charge on any atom is 0.410 e. The molecule has 3 aromatic rings. The SMILES string of the molecule is COc1ccc(CN2C(=O)CCN(c3cnc(-c4ccc5c(c4F)CN(C(=O)OC(C)(C)C)C5)n3C)C2=O)c(OC)c1. The summed E-state index contributed by atoms with van der Waals surface area (Å²) in [5, 5.41) is 0. The average Bonchev–Trinajstić information content (AvgIpc) is 3.55. The van der Waals surface area contributed by atoms with Crippen molar-refractivity contribution in [1.82, 2.24) is 19.4 Å². The van der Waals surface area contributed by atoms with E-state index in [1.54, 1.807) is 69.8 Å². The number of hydrogen-bond donors (Lipinski definition) is 0. The molecule has 222 valence electrons. The van der Waals surface area contributed by atoms with Crippen LogP contribution >= 0.6 is 0 Å². The molecular weight excluding hydrogens is 545 g/mol. The summed E-state index contributed by atoms with van der Waals surface area (Å²) in [4.78, 5) is 47.5. The molecule has 5 rings (SSSR count). The molecule has 0 atom stereocenters. The number of ether oxygens (including phenoxy) is 3. The van der Waals surface area contributed by atoms with Crippen molar-refractivity contribution in [2.24, 2.45) is 7.05 Å². The first kappa shape index (κ1) is 28.9. The second-order valence-corrected chi connectivity index (χ2v) is 11.2. The van der Waals surface area contributed by atoms with E-state index in [1.165, 1.54) is 28.0 Å². The van der Waals surface area contributed by atoms with Crippen molar-refractivity contribution in [3.63, 3.8) is 0 Å². The lowest BCUT2D eigenvalue weighted by Crippen LogP contribution is -2.52. The summed E-state index contributed by atoms with van der Waals surface area (Å²) in [6.45, 7) is 5.84. The molecule has 2 aliphatic heterocycles. The number of anilines is 1. The van der Waals surface area contributed by atoms with Gasteiger partial charge in [-0.05, 0) is 44.5 Å². The van der Waals surface area contributed by atoms with Gasteiger partial charge in [0.2, 0.25) is 5.91 Å². The van der Waals surface area contributed by atoms with Gasteiger partial charge in [-0.2, -0.15) is 0 Å². The molecule has 12 heteroatoms. The first-order valence-electron chi connectivity index (χ1n) is 13.5. The van der Waals surface area contributed by atoms with Gasteiger partial charge in [0.25, 0.3) is 0 Å². The van der Waals surface area contributed by atoms with Crippen LogP contribution in [-0.4, -0.2) is 63.7 Å². The van der Waals surface area contributed by atoms with Crippen LogP contribution in [0.25, 0.3) is 11.4 Å². The number of amides is 4. The Morgan fingerprint density at radius 3 is 2.52 bits per heavy atom. The largest absolute Gasteiger partial charge is 0.497 e. The molecule has 2 aromatic carbocycles. The van der Waals surface area contributed by atoms with Crippen LogP contribution in [0.15, 0.2) is 36.5 Å². The molecule has 11 nitrogen and oxygen atoms in total. The summed E-state index contributed by atoms with van der Waals surface area (Å²) in [6.07, 6.45) is 1.10. The molecule has 0 radical (unpaired) electrons. The molecule has 0 aliphatic carbocycles. The predicted molar refractivity (Wildman–Crippen MR) is 152 cm³/mol. The third-order valence-corrected chi connectivity index (χ3v) is 7.32. The number of benzene rings is 2. The van der Waals surface area contributed by atoms with Gasteiger partial charge in [-0.25, -0.2) is 19.0 Å². The van der Waals surface area contributed by atoms with Crippen LogP contribution in [0, 0.1) is 5.82 Å². The fraction of sp³-hybridized carbons (Fsp3) is 0.400. The number of methoxy groups -OCH3 is 2. The maximum absolute atomic E-state index is 15.8. The number of hydrogen-bond acceptors (Lipinski definition) is 7. The Kier molecular flexibility index (Phi) is 7.56. The molecular formula is C30H34FN5O6. The van der Waals surface area contributed by atoms with Crippen LogP contribution in [0.2, 0.25) is 0 Å². The van der Waals surface area contributed by atoms with Crippen molar-refractivity contribution in [2.75, 3.05) is 25.7 Å². The number of carbonyl (C=O) groups is 3. The van der Waals surface area contributed by atoms with Gasteiger partial charge >= 0.3 is 12.1 Å².